The van der Waals surface area contributed by atoms with Crippen LogP contribution in [0, 0.1) is 6.92 Å². The van der Waals surface area contributed by atoms with Gasteiger partial charge in [0.05, 0.1) is 12.1 Å². The van der Waals surface area contributed by atoms with E-state index >= 15 is 0 Å². The van der Waals surface area contributed by atoms with E-state index in [9.17, 15) is 4.79 Å². The van der Waals surface area contributed by atoms with Gasteiger partial charge in [-0.3, -0.25) is 9.89 Å². The van der Waals surface area contributed by atoms with Crippen molar-refractivity contribution in [2.75, 3.05) is 0 Å². The third-order valence-corrected chi connectivity index (χ3v) is 3.81. The number of nitrogens with zero attached hydrogens (tertiary/aromatic N) is 1. The fraction of sp³-hybridized carbons (Fsp3) is 0.333. The number of amides is 1. The van der Waals surface area contributed by atoms with Crippen LogP contribution in [0.2, 0.25) is 0 Å². The molecule has 2 heterocycles. The van der Waals surface area contributed by atoms with Crippen molar-refractivity contribution in [2.45, 2.75) is 26.3 Å². The minimum atomic E-state index is -0.0952. The second kappa shape index (κ2) is 5.14. The third-order valence-electron chi connectivity index (χ3n) is 2.75. The van der Waals surface area contributed by atoms with Gasteiger partial charge in [-0.2, -0.15) is 5.10 Å². The third kappa shape index (κ3) is 2.74. The van der Waals surface area contributed by atoms with Gasteiger partial charge in [-0.05, 0) is 25.3 Å². The Bertz CT molecular complexity index is 490. The van der Waals surface area contributed by atoms with Crippen molar-refractivity contribution in [3.05, 3.63) is 39.8 Å². The first-order valence-electron chi connectivity index (χ1n) is 5.48. The number of H-pyrrole nitrogens is 1. The molecule has 0 saturated carbocycles. The molecule has 0 fully saturated rings. The molecule has 0 aliphatic carbocycles. The molecule has 5 heteroatoms. The highest BCUT2D eigenvalue weighted by Crippen LogP contribution is 2.20. The number of carbonyl (C=O) groups is 1. The zero-order chi connectivity index (χ0) is 12.3. The first-order chi connectivity index (χ1) is 8.18. The molecular formula is C12H15N3OS. The van der Waals surface area contributed by atoms with Crippen molar-refractivity contribution in [3.8, 4) is 0 Å². The van der Waals surface area contributed by atoms with Crippen molar-refractivity contribution < 1.29 is 4.79 Å². The SMILES string of the molecule is Cc1[nH]ncc1CNC(=O)[C@H](C)c1cccs1. The number of aryl methyl sites for hydroxylation is 1. The van der Waals surface area contributed by atoms with Gasteiger partial charge in [-0.15, -0.1) is 11.3 Å². The predicted octanol–water partition coefficient (Wildman–Crippen LogP) is 2.20. The summed E-state index contributed by atoms with van der Waals surface area (Å²) >= 11 is 1.61. The Morgan fingerprint density at radius 1 is 1.65 bits per heavy atom. The van der Waals surface area contributed by atoms with E-state index in [-0.39, 0.29) is 11.8 Å². The molecule has 2 aromatic rings. The van der Waals surface area contributed by atoms with Crippen LogP contribution in [0.25, 0.3) is 0 Å². The Hall–Kier alpha value is -1.62. The summed E-state index contributed by atoms with van der Waals surface area (Å²) in [5.41, 5.74) is 2.02. The summed E-state index contributed by atoms with van der Waals surface area (Å²) in [6.45, 7) is 4.39. The Labute approximate surface area is 104 Å². The van der Waals surface area contributed by atoms with E-state index in [1.165, 1.54) is 0 Å². The van der Waals surface area contributed by atoms with Crippen LogP contribution in [0.1, 0.15) is 29.0 Å². The summed E-state index contributed by atoms with van der Waals surface area (Å²) in [4.78, 5) is 13.0. The molecule has 0 spiro atoms. The highest BCUT2D eigenvalue weighted by molar-refractivity contribution is 7.10. The van der Waals surface area contributed by atoms with Crippen molar-refractivity contribution in [2.24, 2.45) is 0 Å². The molecule has 4 nitrogen and oxygen atoms in total. The van der Waals surface area contributed by atoms with Crippen molar-refractivity contribution in [1.29, 1.82) is 0 Å². The average molecular weight is 249 g/mol. The lowest BCUT2D eigenvalue weighted by atomic mass is 10.1. The lowest BCUT2D eigenvalue weighted by Gasteiger charge is -2.10. The van der Waals surface area contributed by atoms with Gasteiger partial charge in [0.25, 0.3) is 0 Å². The molecule has 0 bridgehead atoms. The van der Waals surface area contributed by atoms with E-state index in [1.807, 2.05) is 31.4 Å². The van der Waals surface area contributed by atoms with Crippen LogP contribution in [0.15, 0.2) is 23.7 Å². The van der Waals surface area contributed by atoms with Gasteiger partial charge in [0.1, 0.15) is 0 Å². The lowest BCUT2D eigenvalue weighted by molar-refractivity contribution is -0.122. The summed E-state index contributed by atoms with van der Waals surface area (Å²) in [7, 11) is 0. The molecule has 0 aliphatic heterocycles. The van der Waals surface area contributed by atoms with E-state index in [0.717, 1.165) is 16.1 Å². The summed E-state index contributed by atoms with van der Waals surface area (Å²) in [6, 6.07) is 3.95. The zero-order valence-electron chi connectivity index (χ0n) is 9.86. The average Bonchev–Trinajstić information content (AvgIpc) is 2.96. The van der Waals surface area contributed by atoms with Crippen LogP contribution in [0.5, 0.6) is 0 Å². The second-order valence-corrected chi connectivity index (χ2v) is 4.95. The topological polar surface area (TPSA) is 57.8 Å². The molecule has 1 atom stereocenters. The van der Waals surface area contributed by atoms with Crippen LogP contribution in [-0.4, -0.2) is 16.1 Å². The highest BCUT2D eigenvalue weighted by atomic mass is 32.1. The number of nitrogens with one attached hydrogen (secondary N) is 2. The number of aromatic nitrogens is 2. The number of thiophene rings is 1. The van der Waals surface area contributed by atoms with E-state index < -0.39 is 0 Å². The molecule has 0 saturated heterocycles. The fourth-order valence-electron chi connectivity index (χ4n) is 1.56. The monoisotopic (exact) mass is 249 g/mol. The van der Waals surface area contributed by atoms with Crippen LogP contribution in [-0.2, 0) is 11.3 Å². The fourth-order valence-corrected chi connectivity index (χ4v) is 2.34. The van der Waals surface area contributed by atoms with Gasteiger partial charge in [0.2, 0.25) is 5.91 Å². The minimum absolute atomic E-state index is 0.0491. The van der Waals surface area contributed by atoms with E-state index in [4.69, 9.17) is 0 Å². The Balaban J connectivity index is 1.92. The number of aromatic amines is 1. The molecule has 0 aliphatic rings. The Morgan fingerprint density at radius 3 is 3.06 bits per heavy atom. The summed E-state index contributed by atoms with van der Waals surface area (Å²) in [6.07, 6.45) is 1.74. The number of hydrogen-bond donors (Lipinski definition) is 2. The molecule has 0 unspecified atom stereocenters. The van der Waals surface area contributed by atoms with Crippen LogP contribution in [0.4, 0.5) is 0 Å². The summed E-state index contributed by atoms with van der Waals surface area (Å²) in [5, 5.41) is 11.7. The van der Waals surface area contributed by atoms with E-state index in [1.54, 1.807) is 17.5 Å². The second-order valence-electron chi connectivity index (χ2n) is 3.98. The first kappa shape index (κ1) is 11.9. The molecular weight excluding hydrogens is 234 g/mol. The molecule has 2 N–H and O–H groups in total. The van der Waals surface area contributed by atoms with Crippen LogP contribution >= 0.6 is 11.3 Å². The van der Waals surface area contributed by atoms with Gasteiger partial charge in [-0.25, -0.2) is 0 Å². The molecule has 0 aromatic carbocycles. The summed E-state index contributed by atoms with van der Waals surface area (Å²) in [5.74, 6) is -0.0461. The Morgan fingerprint density at radius 2 is 2.47 bits per heavy atom. The smallest absolute Gasteiger partial charge is 0.228 e. The van der Waals surface area contributed by atoms with E-state index in [0.29, 0.717) is 6.54 Å². The Kier molecular flexibility index (Phi) is 3.58. The maximum Gasteiger partial charge on any atom is 0.228 e. The molecule has 17 heavy (non-hydrogen) atoms. The predicted molar refractivity (Wildman–Crippen MR) is 67.9 cm³/mol. The van der Waals surface area contributed by atoms with Crippen LogP contribution < -0.4 is 5.32 Å². The quantitative estimate of drug-likeness (QED) is 0.872. The maximum absolute atomic E-state index is 11.9. The van der Waals surface area contributed by atoms with Gasteiger partial charge in [0, 0.05) is 22.7 Å². The number of carbonyl (C=O) groups excluding carboxylic acids is 1. The van der Waals surface area contributed by atoms with Crippen molar-refractivity contribution in [1.82, 2.24) is 15.5 Å². The maximum atomic E-state index is 11.9. The van der Waals surface area contributed by atoms with Crippen molar-refractivity contribution in [3.63, 3.8) is 0 Å². The minimum Gasteiger partial charge on any atom is -0.351 e. The van der Waals surface area contributed by atoms with Gasteiger partial charge in [-0.1, -0.05) is 6.07 Å². The lowest BCUT2D eigenvalue weighted by Crippen LogP contribution is -2.27. The molecule has 2 aromatic heterocycles. The standard InChI is InChI=1S/C12H15N3OS/c1-8(11-4-3-5-17-11)12(16)13-6-10-7-14-15-9(10)2/h3-5,7-8H,6H2,1-2H3,(H,13,16)(H,14,15)/t8-/m1/s1. The van der Waals surface area contributed by atoms with Gasteiger partial charge in [0.15, 0.2) is 0 Å². The summed E-state index contributed by atoms with van der Waals surface area (Å²) < 4.78 is 0. The normalized spacial score (nSPS) is 12.4. The molecule has 90 valence electrons. The number of hydrogen-bond acceptors (Lipinski definition) is 3. The molecule has 2 rings (SSSR count). The zero-order valence-corrected chi connectivity index (χ0v) is 10.7. The highest BCUT2D eigenvalue weighted by Gasteiger charge is 2.15. The van der Waals surface area contributed by atoms with Crippen molar-refractivity contribution >= 4 is 17.2 Å². The largest absolute Gasteiger partial charge is 0.351 e. The van der Waals surface area contributed by atoms with E-state index in [2.05, 4.69) is 15.5 Å². The molecule has 0 radical (unpaired) electrons. The first-order valence-corrected chi connectivity index (χ1v) is 6.36. The van der Waals surface area contributed by atoms with Gasteiger partial charge >= 0.3 is 0 Å². The molecule has 1 amide bonds. The van der Waals surface area contributed by atoms with Crippen LogP contribution in [0.3, 0.4) is 0 Å². The number of rotatable bonds is 4. The van der Waals surface area contributed by atoms with Gasteiger partial charge < -0.3 is 5.32 Å².